The van der Waals surface area contributed by atoms with Crippen LogP contribution in [-0.2, 0) is 19.2 Å². The molecule has 2 aromatic carbocycles. The van der Waals surface area contributed by atoms with Crippen LogP contribution in [0.1, 0.15) is 36.8 Å². The van der Waals surface area contributed by atoms with Crippen molar-refractivity contribution in [2.24, 2.45) is 17.8 Å². The van der Waals surface area contributed by atoms with E-state index in [1.54, 1.807) is 25.1 Å². The minimum atomic E-state index is -5.01. The Morgan fingerprint density at radius 3 is 2.43 bits per heavy atom. The van der Waals surface area contributed by atoms with Gasteiger partial charge in [0.2, 0.25) is 11.8 Å². The summed E-state index contributed by atoms with van der Waals surface area (Å²) in [6, 6.07) is 7.80. The molecule has 1 saturated heterocycles. The van der Waals surface area contributed by atoms with E-state index in [-0.39, 0.29) is 35.1 Å². The molecule has 42 heavy (non-hydrogen) atoms. The van der Waals surface area contributed by atoms with Crippen LogP contribution < -0.4 is 9.64 Å². The van der Waals surface area contributed by atoms with E-state index in [1.165, 1.54) is 19.1 Å². The number of anilines is 1. The number of aryl methyl sites for hydroxylation is 1. The third kappa shape index (κ3) is 4.36. The summed E-state index contributed by atoms with van der Waals surface area (Å²) in [7, 11) is 0. The SMILES string of the molecule is CC1=CC(=O)C2=C(C1=O)C(c1cc(OC(F)(F)F)ccc1O)C1=CCC3C(=O)N(c4ccc(C)c(Cl)c4)C(=O)C3C1C2. The van der Waals surface area contributed by atoms with Gasteiger partial charge in [0.05, 0.1) is 17.5 Å². The number of aromatic hydroxyl groups is 1. The molecular formula is C31H23ClF3NO6. The number of hydrogen-bond donors (Lipinski definition) is 1. The number of benzene rings is 2. The molecule has 4 unspecified atom stereocenters. The summed E-state index contributed by atoms with van der Waals surface area (Å²) in [5.41, 5.74) is 1.77. The zero-order valence-electron chi connectivity index (χ0n) is 22.3. The fraction of sp³-hybridized carbons (Fsp3) is 0.290. The predicted octanol–water partition coefficient (Wildman–Crippen LogP) is 5.89. The molecule has 6 rings (SSSR count). The van der Waals surface area contributed by atoms with Crippen LogP contribution in [0.2, 0.25) is 5.02 Å². The Balaban J connectivity index is 1.49. The Labute approximate surface area is 242 Å². The second-order valence-corrected chi connectivity index (χ2v) is 11.3. The Kier molecular flexibility index (Phi) is 6.45. The van der Waals surface area contributed by atoms with Gasteiger partial charge in [-0.1, -0.05) is 29.3 Å². The number of carbonyl (C=O) groups excluding carboxylic acids is 4. The number of rotatable bonds is 3. The summed E-state index contributed by atoms with van der Waals surface area (Å²) >= 11 is 6.28. The highest BCUT2D eigenvalue weighted by molar-refractivity contribution is 6.32. The number of hydrogen-bond acceptors (Lipinski definition) is 6. The van der Waals surface area contributed by atoms with Crippen molar-refractivity contribution in [2.75, 3.05) is 4.90 Å². The number of halogens is 4. The fourth-order valence-corrected chi connectivity index (χ4v) is 6.83. The first kappa shape index (κ1) is 28.0. The summed E-state index contributed by atoms with van der Waals surface area (Å²) in [6.45, 7) is 3.25. The zero-order valence-corrected chi connectivity index (χ0v) is 23.0. The van der Waals surface area contributed by atoms with E-state index in [4.69, 9.17) is 11.6 Å². The van der Waals surface area contributed by atoms with Gasteiger partial charge in [0.25, 0.3) is 0 Å². The van der Waals surface area contributed by atoms with Crippen LogP contribution in [0.15, 0.2) is 70.8 Å². The smallest absolute Gasteiger partial charge is 0.508 e. The van der Waals surface area contributed by atoms with Gasteiger partial charge in [0, 0.05) is 33.2 Å². The number of nitrogens with zero attached hydrogens (tertiary/aromatic N) is 1. The first-order valence-electron chi connectivity index (χ1n) is 13.2. The van der Waals surface area contributed by atoms with Crippen molar-refractivity contribution < 1.29 is 42.2 Å². The maximum atomic E-state index is 13.9. The quantitative estimate of drug-likeness (QED) is 0.269. The summed E-state index contributed by atoms with van der Waals surface area (Å²) in [5, 5.41) is 11.2. The van der Waals surface area contributed by atoms with Gasteiger partial charge in [-0.05, 0) is 74.6 Å². The van der Waals surface area contributed by atoms with Crippen molar-refractivity contribution in [1.82, 2.24) is 0 Å². The van der Waals surface area contributed by atoms with Crippen LogP contribution in [0, 0.1) is 24.7 Å². The molecule has 216 valence electrons. The standard InChI is InChI=1S/C31H23ClF3NO6/c1-13-3-4-15(10-22(13)32)36-29(40)18-7-6-17-19(26(18)30(36)41)12-21-24(38)9-14(2)28(39)27(21)25(17)20-11-16(5-8-23(20)37)42-31(33,34)35/h3-6,8-11,18-19,25-26,37H,7,12H2,1-2H3. The normalized spacial score (nSPS) is 25.6. The molecule has 0 radical (unpaired) electrons. The summed E-state index contributed by atoms with van der Waals surface area (Å²) in [5.74, 6) is -6.43. The lowest BCUT2D eigenvalue weighted by Gasteiger charge is -2.42. The number of allylic oxidation sites excluding steroid dienone is 6. The second kappa shape index (κ2) is 9.69. The van der Waals surface area contributed by atoms with Crippen LogP contribution >= 0.6 is 11.6 Å². The molecule has 0 spiro atoms. The van der Waals surface area contributed by atoms with E-state index in [0.717, 1.165) is 28.7 Å². The highest BCUT2D eigenvalue weighted by Gasteiger charge is 2.57. The molecule has 0 aromatic heterocycles. The summed E-state index contributed by atoms with van der Waals surface area (Å²) in [4.78, 5) is 55.3. The predicted molar refractivity (Wildman–Crippen MR) is 145 cm³/mol. The van der Waals surface area contributed by atoms with Gasteiger partial charge in [0.15, 0.2) is 11.6 Å². The molecule has 1 fully saturated rings. The maximum absolute atomic E-state index is 13.9. The van der Waals surface area contributed by atoms with E-state index in [9.17, 15) is 37.5 Å². The number of amides is 2. The van der Waals surface area contributed by atoms with Gasteiger partial charge < -0.3 is 9.84 Å². The van der Waals surface area contributed by atoms with Crippen LogP contribution in [0.3, 0.4) is 0 Å². The third-order valence-corrected chi connectivity index (χ3v) is 8.93. The summed E-state index contributed by atoms with van der Waals surface area (Å²) < 4.78 is 43.3. The Morgan fingerprint density at radius 2 is 1.74 bits per heavy atom. The van der Waals surface area contributed by atoms with Crippen molar-refractivity contribution in [2.45, 2.75) is 39.0 Å². The third-order valence-electron chi connectivity index (χ3n) is 8.52. The van der Waals surface area contributed by atoms with E-state index in [1.807, 2.05) is 0 Å². The van der Waals surface area contributed by atoms with Gasteiger partial charge in [-0.2, -0.15) is 0 Å². The van der Waals surface area contributed by atoms with Gasteiger partial charge in [0.1, 0.15) is 11.5 Å². The molecule has 1 heterocycles. The van der Waals surface area contributed by atoms with Crippen LogP contribution in [0.5, 0.6) is 11.5 Å². The molecule has 7 nitrogen and oxygen atoms in total. The minimum absolute atomic E-state index is 0.0196. The monoisotopic (exact) mass is 597 g/mol. The van der Waals surface area contributed by atoms with Crippen LogP contribution in [0.4, 0.5) is 18.9 Å². The minimum Gasteiger partial charge on any atom is -0.508 e. The fourth-order valence-electron chi connectivity index (χ4n) is 6.65. The maximum Gasteiger partial charge on any atom is 0.573 e. The largest absolute Gasteiger partial charge is 0.573 e. The van der Waals surface area contributed by atoms with Crippen LogP contribution in [-0.4, -0.2) is 34.8 Å². The van der Waals surface area contributed by atoms with Crippen molar-refractivity contribution >= 4 is 40.7 Å². The topological polar surface area (TPSA) is 101 Å². The first-order valence-corrected chi connectivity index (χ1v) is 13.6. The van der Waals surface area contributed by atoms with E-state index in [2.05, 4.69) is 4.74 Å². The Morgan fingerprint density at radius 1 is 1.00 bits per heavy atom. The van der Waals surface area contributed by atoms with Crippen molar-refractivity contribution in [3.63, 3.8) is 0 Å². The van der Waals surface area contributed by atoms with Gasteiger partial charge in [-0.15, -0.1) is 13.2 Å². The molecule has 2 amide bonds. The molecule has 1 N–H and O–H groups in total. The number of phenols is 1. The second-order valence-electron chi connectivity index (χ2n) is 10.9. The number of fused-ring (bicyclic) bond motifs is 3. The molecule has 0 saturated carbocycles. The van der Waals surface area contributed by atoms with Crippen LogP contribution in [0.25, 0.3) is 0 Å². The van der Waals surface area contributed by atoms with E-state index < -0.39 is 64.9 Å². The lowest BCUT2D eigenvalue weighted by atomic mass is 9.59. The number of phenolic OH excluding ortho intramolecular Hbond substituents is 1. The number of imide groups is 1. The number of carbonyl (C=O) groups is 4. The number of Topliss-reactive ketones (excluding diaryl/α,β-unsaturated/α-hetero) is 1. The molecule has 4 aliphatic rings. The van der Waals surface area contributed by atoms with Gasteiger partial charge in [-0.25, -0.2) is 4.90 Å². The lowest BCUT2D eigenvalue weighted by Crippen LogP contribution is -2.39. The molecule has 1 aliphatic heterocycles. The molecule has 0 bridgehead atoms. The molecule has 3 aliphatic carbocycles. The van der Waals surface area contributed by atoms with Crippen molar-refractivity contribution in [3.8, 4) is 11.5 Å². The van der Waals surface area contributed by atoms with Crippen molar-refractivity contribution in [3.05, 3.63) is 87.0 Å². The molecular weight excluding hydrogens is 575 g/mol. The number of alkyl halides is 3. The number of ketones is 2. The lowest BCUT2D eigenvalue weighted by molar-refractivity contribution is -0.274. The Hall–Kier alpha value is -4.18. The molecule has 2 aromatic rings. The van der Waals surface area contributed by atoms with E-state index >= 15 is 0 Å². The van der Waals surface area contributed by atoms with E-state index in [0.29, 0.717) is 16.3 Å². The highest BCUT2D eigenvalue weighted by Crippen LogP contribution is 2.56. The zero-order chi connectivity index (χ0) is 30.2. The van der Waals surface area contributed by atoms with Gasteiger partial charge >= 0.3 is 6.36 Å². The summed E-state index contributed by atoms with van der Waals surface area (Å²) in [6.07, 6.45) is -2.02. The molecule has 4 atom stereocenters. The average molecular weight is 598 g/mol. The average Bonchev–Trinajstić information content (AvgIpc) is 3.18. The van der Waals surface area contributed by atoms with Gasteiger partial charge in [-0.3, -0.25) is 19.2 Å². The molecule has 11 heteroatoms. The highest BCUT2D eigenvalue weighted by atomic mass is 35.5. The Bertz CT molecular complexity index is 1700. The first-order chi connectivity index (χ1) is 19.8. The number of ether oxygens (including phenoxy) is 1. The van der Waals surface area contributed by atoms with Crippen molar-refractivity contribution in [1.29, 1.82) is 0 Å².